The number of hydrogen-bond donors (Lipinski definition) is 1. The molecule has 25 heavy (non-hydrogen) atoms. The van der Waals surface area contributed by atoms with Crippen molar-refractivity contribution in [1.82, 2.24) is 10.2 Å². The van der Waals surface area contributed by atoms with E-state index in [0.29, 0.717) is 19.7 Å². The highest BCUT2D eigenvalue weighted by Gasteiger charge is 2.35. The van der Waals surface area contributed by atoms with Gasteiger partial charge in [-0.15, -0.1) is 0 Å². The third-order valence-electron chi connectivity index (χ3n) is 3.66. The van der Waals surface area contributed by atoms with E-state index in [9.17, 15) is 9.59 Å². The predicted molar refractivity (Wildman–Crippen MR) is 92.4 cm³/mol. The van der Waals surface area contributed by atoms with Crippen molar-refractivity contribution in [2.75, 3.05) is 26.9 Å². The molecule has 7 heteroatoms. The second-order valence-electron chi connectivity index (χ2n) is 6.83. The van der Waals surface area contributed by atoms with Crippen molar-refractivity contribution < 1.29 is 23.8 Å². The summed E-state index contributed by atoms with van der Waals surface area (Å²) < 4.78 is 15.9. The van der Waals surface area contributed by atoms with E-state index in [1.165, 1.54) is 4.90 Å². The largest absolute Gasteiger partial charge is 0.497 e. The fourth-order valence-electron chi connectivity index (χ4n) is 2.45. The number of rotatable bonds is 4. The fraction of sp³-hybridized carbons (Fsp3) is 0.556. The smallest absolute Gasteiger partial charge is 0.411 e. The van der Waals surface area contributed by atoms with Crippen LogP contribution >= 0.6 is 0 Å². The molecule has 138 valence electrons. The minimum absolute atomic E-state index is 0.156. The van der Waals surface area contributed by atoms with Crippen molar-refractivity contribution in [3.05, 3.63) is 29.8 Å². The fourth-order valence-corrected chi connectivity index (χ4v) is 2.45. The van der Waals surface area contributed by atoms with Gasteiger partial charge in [-0.2, -0.15) is 0 Å². The van der Waals surface area contributed by atoms with E-state index < -0.39 is 17.7 Å². The van der Waals surface area contributed by atoms with E-state index in [2.05, 4.69) is 5.32 Å². The summed E-state index contributed by atoms with van der Waals surface area (Å²) in [4.78, 5) is 26.3. The maximum Gasteiger partial charge on any atom is 0.411 e. The molecule has 0 spiro atoms. The summed E-state index contributed by atoms with van der Waals surface area (Å²) in [7, 11) is 1.59. The summed E-state index contributed by atoms with van der Waals surface area (Å²) in [6.07, 6.45) is -0.502. The lowest BCUT2D eigenvalue weighted by molar-refractivity contribution is -0.132. The molecular formula is C18H26N2O5. The number of nitrogens with zero attached hydrogens (tertiary/aromatic N) is 1. The van der Waals surface area contributed by atoms with Crippen LogP contribution in [0.25, 0.3) is 0 Å². The molecule has 0 aliphatic carbocycles. The van der Waals surface area contributed by atoms with Gasteiger partial charge in [0.2, 0.25) is 5.91 Å². The van der Waals surface area contributed by atoms with Crippen molar-refractivity contribution >= 4 is 12.0 Å². The van der Waals surface area contributed by atoms with Crippen LogP contribution in [-0.2, 0) is 20.8 Å². The quantitative estimate of drug-likeness (QED) is 0.898. The van der Waals surface area contributed by atoms with E-state index in [1.807, 2.05) is 24.3 Å². The monoisotopic (exact) mass is 350 g/mol. The Morgan fingerprint density at radius 3 is 2.80 bits per heavy atom. The van der Waals surface area contributed by atoms with E-state index in [0.717, 1.165) is 11.3 Å². The zero-order chi connectivity index (χ0) is 18.4. The Labute approximate surface area is 148 Å². The first kappa shape index (κ1) is 19.1. The molecule has 1 aliphatic heterocycles. The maximum atomic E-state index is 12.5. The third kappa shape index (κ3) is 5.63. The van der Waals surface area contributed by atoms with Crippen LogP contribution in [0.1, 0.15) is 26.3 Å². The second kappa shape index (κ2) is 8.20. The lowest BCUT2D eigenvalue weighted by atomic mass is 10.2. The van der Waals surface area contributed by atoms with Crippen molar-refractivity contribution in [3.8, 4) is 5.75 Å². The maximum absolute atomic E-state index is 12.5. The van der Waals surface area contributed by atoms with E-state index in [1.54, 1.807) is 27.9 Å². The van der Waals surface area contributed by atoms with Crippen LogP contribution in [0.2, 0.25) is 0 Å². The first-order chi connectivity index (χ1) is 11.8. The molecule has 0 unspecified atom stereocenters. The lowest BCUT2D eigenvalue weighted by Crippen LogP contribution is -2.56. The highest BCUT2D eigenvalue weighted by Crippen LogP contribution is 2.16. The zero-order valence-corrected chi connectivity index (χ0v) is 15.2. The van der Waals surface area contributed by atoms with Gasteiger partial charge >= 0.3 is 6.09 Å². The Bertz CT molecular complexity index is 612. The standard InChI is InChI=1S/C18H26N2O5/c1-18(2,3)25-17(22)20-8-9-24-12-15(20)16(21)19-11-13-6-5-7-14(10-13)23-4/h5-7,10,15H,8-9,11-12H2,1-4H3,(H,19,21)/t15-/m0/s1. The van der Waals surface area contributed by atoms with Crippen LogP contribution in [0, 0.1) is 0 Å². The Hall–Kier alpha value is -2.28. The minimum atomic E-state index is -0.700. The van der Waals surface area contributed by atoms with Crippen molar-refractivity contribution in [2.45, 2.75) is 39.0 Å². The van der Waals surface area contributed by atoms with Gasteiger partial charge in [0.1, 0.15) is 17.4 Å². The average Bonchev–Trinajstić information content (AvgIpc) is 2.58. The molecule has 1 aliphatic rings. The zero-order valence-electron chi connectivity index (χ0n) is 15.2. The molecule has 1 N–H and O–H groups in total. The van der Waals surface area contributed by atoms with Gasteiger partial charge in [0, 0.05) is 13.1 Å². The Morgan fingerprint density at radius 2 is 2.12 bits per heavy atom. The van der Waals surface area contributed by atoms with Gasteiger partial charge in [0.15, 0.2) is 0 Å². The van der Waals surface area contributed by atoms with Crippen LogP contribution < -0.4 is 10.1 Å². The number of ether oxygens (including phenoxy) is 3. The average molecular weight is 350 g/mol. The van der Waals surface area contributed by atoms with Crippen LogP contribution in [-0.4, -0.2) is 55.4 Å². The van der Waals surface area contributed by atoms with Gasteiger partial charge < -0.3 is 19.5 Å². The molecule has 0 radical (unpaired) electrons. The SMILES string of the molecule is COc1cccc(CNC(=O)[C@@H]2COCCN2C(=O)OC(C)(C)C)c1. The highest BCUT2D eigenvalue weighted by atomic mass is 16.6. The molecule has 7 nitrogen and oxygen atoms in total. The van der Waals surface area contributed by atoms with Gasteiger partial charge in [-0.25, -0.2) is 4.79 Å². The van der Waals surface area contributed by atoms with E-state index >= 15 is 0 Å². The molecule has 2 rings (SSSR count). The summed E-state index contributed by atoms with van der Waals surface area (Å²) in [6, 6.07) is 6.74. The van der Waals surface area contributed by atoms with Crippen molar-refractivity contribution in [2.24, 2.45) is 0 Å². The van der Waals surface area contributed by atoms with E-state index in [4.69, 9.17) is 14.2 Å². The van der Waals surface area contributed by atoms with Crippen LogP contribution in [0.15, 0.2) is 24.3 Å². The highest BCUT2D eigenvalue weighted by molar-refractivity contribution is 5.86. The molecule has 1 fully saturated rings. The molecule has 1 aromatic rings. The molecule has 0 bridgehead atoms. The molecule has 1 heterocycles. The Kier molecular flexibility index (Phi) is 6.25. The topological polar surface area (TPSA) is 77.1 Å². The summed E-state index contributed by atoms with van der Waals surface area (Å²) in [5, 5.41) is 2.84. The summed E-state index contributed by atoms with van der Waals surface area (Å²) >= 11 is 0. The molecule has 1 saturated heterocycles. The number of nitrogens with one attached hydrogen (secondary N) is 1. The van der Waals surface area contributed by atoms with Gasteiger partial charge in [0.05, 0.1) is 20.3 Å². The normalized spacial score (nSPS) is 17.8. The molecule has 2 amide bonds. The third-order valence-corrected chi connectivity index (χ3v) is 3.66. The molecular weight excluding hydrogens is 324 g/mol. The number of methoxy groups -OCH3 is 1. The lowest BCUT2D eigenvalue weighted by Gasteiger charge is -2.35. The van der Waals surface area contributed by atoms with Crippen molar-refractivity contribution in [1.29, 1.82) is 0 Å². The molecule has 1 aromatic carbocycles. The molecule has 0 aromatic heterocycles. The van der Waals surface area contributed by atoms with Gasteiger partial charge in [0.25, 0.3) is 0 Å². The van der Waals surface area contributed by atoms with Crippen LogP contribution in [0.3, 0.4) is 0 Å². The summed E-state index contributed by atoms with van der Waals surface area (Å²) in [5.74, 6) is 0.455. The van der Waals surface area contributed by atoms with Gasteiger partial charge in [-0.1, -0.05) is 12.1 Å². The number of carbonyl (C=O) groups is 2. The predicted octanol–water partition coefficient (Wildman–Crippen LogP) is 1.95. The first-order valence-electron chi connectivity index (χ1n) is 8.28. The number of morpholine rings is 1. The first-order valence-corrected chi connectivity index (χ1v) is 8.28. The Balaban J connectivity index is 1.98. The summed E-state index contributed by atoms with van der Waals surface area (Å²) in [5.41, 5.74) is 0.296. The van der Waals surface area contributed by atoms with Crippen LogP contribution in [0.5, 0.6) is 5.75 Å². The van der Waals surface area contributed by atoms with Crippen LogP contribution in [0.4, 0.5) is 4.79 Å². The molecule has 0 saturated carbocycles. The number of amides is 2. The van der Waals surface area contributed by atoms with Gasteiger partial charge in [-0.3, -0.25) is 9.69 Å². The Morgan fingerprint density at radius 1 is 1.36 bits per heavy atom. The number of carbonyl (C=O) groups excluding carboxylic acids is 2. The van der Waals surface area contributed by atoms with Gasteiger partial charge in [-0.05, 0) is 38.5 Å². The minimum Gasteiger partial charge on any atom is -0.497 e. The van der Waals surface area contributed by atoms with Crippen molar-refractivity contribution in [3.63, 3.8) is 0 Å². The summed E-state index contributed by atoms with van der Waals surface area (Å²) in [6.45, 7) is 6.60. The van der Waals surface area contributed by atoms with E-state index in [-0.39, 0.29) is 12.5 Å². The number of benzene rings is 1. The second-order valence-corrected chi connectivity index (χ2v) is 6.83. The number of hydrogen-bond acceptors (Lipinski definition) is 5. The molecule has 1 atom stereocenters.